The molecule has 0 spiro atoms. The van der Waals surface area contributed by atoms with Gasteiger partial charge in [0.1, 0.15) is 0 Å². The Morgan fingerprint density at radius 3 is 1.20 bits per heavy atom. The third-order valence-corrected chi connectivity index (χ3v) is 8.22. The average Bonchev–Trinajstić information content (AvgIpc) is 3.12. The van der Waals surface area contributed by atoms with Crippen molar-refractivity contribution in [2.45, 2.75) is 26.7 Å². The lowest BCUT2D eigenvalue weighted by molar-refractivity contribution is 0.0495. The third-order valence-electron chi connectivity index (χ3n) is 8.22. The second-order valence-electron chi connectivity index (χ2n) is 11.6. The highest BCUT2D eigenvalue weighted by Crippen LogP contribution is 2.47. The molecule has 0 aliphatic heterocycles. The van der Waals surface area contributed by atoms with Gasteiger partial charge in [0.05, 0.1) is 24.3 Å². The lowest BCUT2D eigenvalue weighted by Crippen LogP contribution is -2.14. The van der Waals surface area contributed by atoms with E-state index < -0.39 is 46.8 Å². The van der Waals surface area contributed by atoms with Crippen LogP contribution in [-0.4, -0.2) is 25.2 Å². The predicted octanol–water partition coefficient (Wildman–Crippen LogP) is 11.0. The van der Waals surface area contributed by atoms with Crippen molar-refractivity contribution in [1.82, 2.24) is 0 Å². The normalized spacial score (nSPS) is 11.3. The summed E-state index contributed by atoms with van der Waals surface area (Å²) >= 11 is 0. The highest BCUT2D eigenvalue weighted by atomic mass is 19.2. The molecular formula is C40H28F6O4. The van der Waals surface area contributed by atoms with Gasteiger partial charge in [0.2, 0.25) is 0 Å². The van der Waals surface area contributed by atoms with Crippen molar-refractivity contribution in [2.24, 2.45) is 0 Å². The number of carbonyl (C=O) groups is 2. The van der Waals surface area contributed by atoms with Crippen LogP contribution in [0.15, 0.2) is 84.9 Å². The number of esters is 2. The Labute approximate surface area is 282 Å². The lowest BCUT2D eigenvalue weighted by Gasteiger charge is -2.23. The van der Waals surface area contributed by atoms with Gasteiger partial charge in [-0.1, -0.05) is 62.4 Å². The summed E-state index contributed by atoms with van der Waals surface area (Å²) in [6, 6.07) is 19.4. The molecule has 0 amide bonds. The van der Waals surface area contributed by atoms with E-state index in [9.17, 15) is 35.9 Å². The summed E-state index contributed by atoms with van der Waals surface area (Å²) in [7, 11) is 0. The topological polar surface area (TPSA) is 52.6 Å². The van der Waals surface area contributed by atoms with Crippen LogP contribution in [0, 0.1) is 34.9 Å². The van der Waals surface area contributed by atoms with Crippen molar-refractivity contribution < 1.29 is 45.4 Å². The van der Waals surface area contributed by atoms with Gasteiger partial charge < -0.3 is 9.47 Å². The number of hydrogen-bond donors (Lipinski definition) is 0. The fourth-order valence-corrected chi connectivity index (χ4v) is 6.05. The molecule has 0 aliphatic rings. The Morgan fingerprint density at radius 2 is 0.860 bits per heavy atom. The van der Waals surface area contributed by atoms with Gasteiger partial charge in [-0.15, -0.1) is 0 Å². The van der Waals surface area contributed by atoms with Gasteiger partial charge in [-0.05, 0) is 93.0 Å². The highest BCUT2D eigenvalue weighted by Gasteiger charge is 2.31. The van der Waals surface area contributed by atoms with Crippen LogP contribution in [0.4, 0.5) is 26.3 Å². The first-order chi connectivity index (χ1) is 24.0. The molecule has 10 heteroatoms. The molecule has 0 atom stereocenters. The molecule has 6 aromatic carbocycles. The number of carbonyl (C=O) groups excluding carboxylic acids is 2. The zero-order chi connectivity index (χ0) is 35.7. The van der Waals surface area contributed by atoms with Crippen LogP contribution in [0.3, 0.4) is 0 Å². The first-order valence-corrected chi connectivity index (χ1v) is 15.8. The Balaban J connectivity index is 1.87. The minimum Gasteiger partial charge on any atom is -0.462 e. The number of halogens is 6. The van der Waals surface area contributed by atoms with E-state index in [0.717, 1.165) is 24.3 Å². The predicted molar refractivity (Wildman–Crippen MR) is 179 cm³/mol. The van der Waals surface area contributed by atoms with E-state index in [1.54, 1.807) is 62.4 Å². The van der Waals surface area contributed by atoms with Gasteiger partial charge in [0.15, 0.2) is 34.9 Å². The van der Waals surface area contributed by atoms with Gasteiger partial charge in [-0.2, -0.15) is 0 Å². The Bertz CT molecular complexity index is 2110. The van der Waals surface area contributed by atoms with Crippen LogP contribution in [-0.2, 0) is 9.47 Å². The van der Waals surface area contributed by atoms with Gasteiger partial charge >= 0.3 is 11.9 Å². The minimum absolute atomic E-state index is 0.0427. The summed E-state index contributed by atoms with van der Waals surface area (Å²) in [5.74, 6) is -11.3. The Morgan fingerprint density at radius 1 is 0.520 bits per heavy atom. The average molecular weight is 687 g/mol. The fourth-order valence-electron chi connectivity index (χ4n) is 6.05. The molecule has 254 valence electrons. The van der Waals surface area contributed by atoms with E-state index in [-0.39, 0.29) is 57.7 Å². The van der Waals surface area contributed by atoms with Crippen LogP contribution in [0.2, 0.25) is 0 Å². The minimum atomic E-state index is -1.71. The van der Waals surface area contributed by atoms with Gasteiger partial charge in [0.25, 0.3) is 0 Å². The standard InChI is InChI=1S/C40H28F6O4/c1-3-13-49-39(47)35-27(23-17-29(41)37(45)30(42)18-23)15-21-9-5-7-11-25(21)33(35)34-26-12-8-6-10-22(26)16-28(36(34)40(48)50-14-4-2)24-19-31(43)38(46)32(44)20-24/h5-12,15-20H,3-4,13-14H2,1-2H3. The monoisotopic (exact) mass is 686 g/mol. The van der Waals surface area contributed by atoms with E-state index in [1.165, 1.54) is 12.1 Å². The van der Waals surface area contributed by atoms with Crippen molar-refractivity contribution in [3.05, 3.63) is 131 Å². The molecule has 0 bridgehead atoms. The number of hydrogen-bond acceptors (Lipinski definition) is 4. The summed E-state index contributed by atoms with van der Waals surface area (Å²) in [5, 5.41) is 1.70. The SMILES string of the molecule is CCCOC(=O)c1c(-c2cc(F)c(F)c(F)c2)cc2ccccc2c1-c1c(C(=O)OCCC)c(-c2cc(F)c(F)c(F)c2)cc2ccccc12. The first kappa shape index (κ1) is 34.2. The fraction of sp³-hybridized carbons (Fsp3) is 0.150. The van der Waals surface area contributed by atoms with Gasteiger partial charge in [-0.3, -0.25) is 0 Å². The molecule has 50 heavy (non-hydrogen) atoms. The van der Waals surface area contributed by atoms with Crippen molar-refractivity contribution in [3.8, 4) is 33.4 Å². The summed E-state index contributed by atoms with van der Waals surface area (Å²) in [6.45, 7) is 3.44. The summed E-state index contributed by atoms with van der Waals surface area (Å²) < 4.78 is 98.6. The zero-order valence-corrected chi connectivity index (χ0v) is 26.8. The van der Waals surface area contributed by atoms with E-state index >= 15 is 0 Å². The Kier molecular flexibility index (Phi) is 9.63. The molecule has 6 aromatic rings. The van der Waals surface area contributed by atoms with Crippen molar-refractivity contribution in [1.29, 1.82) is 0 Å². The van der Waals surface area contributed by atoms with Crippen LogP contribution in [0.25, 0.3) is 54.9 Å². The maximum absolute atomic E-state index is 14.7. The summed E-state index contributed by atoms with van der Waals surface area (Å²) in [6.07, 6.45) is 0.830. The quantitative estimate of drug-likeness (QED) is 0.0863. The largest absolute Gasteiger partial charge is 0.462 e. The van der Waals surface area contributed by atoms with E-state index in [4.69, 9.17) is 9.47 Å². The number of fused-ring (bicyclic) bond motifs is 2. The second-order valence-corrected chi connectivity index (χ2v) is 11.6. The summed E-state index contributed by atoms with van der Waals surface area (Å²) in [4.78, 5) is 28.4. The molecule has 0 heterocycles. The highest BCUT2D eigenvalue weighted by molar-refractivity contribution is 6.22. The van der Waals surface area contributed by atoms with Crippen molar-refractivity contribution in [2.75, 3.05) is 13.2 Å². The molecule has 0 aliphatic carbocycles. The van der Waals surface area contributed by atoms with Crippen LogP contribution >= 0.6 is 0 Å². The van der Waals surface area contributed by atoms with E-state index in [0.29, 0.717) is 34.4 Å². The van der Waals surface area contributed by atoms with Crippen molar-refractivity contribution >= 4 is 33.5 Å². The molecule has 4 nitrogen and oxygen atoms in total. The van der Waals surface area contributed by atoms with Gasteiger partial charge in [-0.25, -0.2) is 35.9 Å². The van der Waals surface area contributed by atoms with E-state index in [2.05, 4.69) is 0 Å². The molecule has 0 aromatic heterocycles. The molecule has 0 fully saturated rings. The Hall–Kier alpha value is -5.64. The molecule has 0 N–H and O–H groups in total. The molecule has 0 saturated heterocycles. The number of benzene rings is 6. The lowest BCUT2D eigenvalue weighted by atomic mass is 9.81. The number of ether oxygens (including phenoxy) is 2. The first-order valence-electron chi connectivity index (χ1n) is 15.8. The zero-order valence-electron chi connectivity index (χ0n) is 26.8. The molecule has 0 unspecified atom stereocenters. The maximum atomic E-state index is 14.7. The van der Waals surface area contributed by atoms with Crippen molar-refractivity contribution in [3.63, 3.8) is 0 Å². The van der Waals surface area contributed by atoms with Crippen LogP contribution in [0.5, 0.6) is 0 Å². The van der Waals surface area contributed by atoms with Crippen LogP contribution < -0.4 is 0 Å². The van der Waals surface area contributed by atoms with Gasteiger partial charge in [0, 0.05) is 11.1 Å². The number of rotatable bonds is 9. The third kappa shape index (κ3) is 6.17. The molecule has 0 radical (unpaired) electrons. The molecule has 6 rings (SSSR count). The molecular weight excluding hydrogens is 658 g/mol. The summed E-state index contributed by atoms with van der Waals surface area (Å²) in [5.41, 5.74) is -0.762. The maximum Gasteiger partial charge on any atom is 0.339 e. The second kappa shape index (κ2) is 14.1. The van der Waals surface area contributed by atoms with Crippen LogP contribution in [0.1, 0.15) is 47.4 Å². The van der Waals surface area contributed by atoms with E-state index in [1.807, 2.05) is 0 Å². The molecule has 0 saturated carbocycles. The smallest absolute Gasteiger partial charge is 0.339 e.